The van der Waals surface area contributed by atoms with E-state index >= 15 is 0 Å². The Morgan fingerprint density at radius 3 is 2.37 bits per heavy atom. The van der Waals surface area contributed by atoms with Gasteiger partial charge in [-0.1, -0.05) is 78.3 Å². The number of nitrogens with zero attached hydrogens (tertiary/aromatic N) is 2. The molecule has 5 nitrogen and oxygen atoms in total. The van der Waals surface area contributed by atoms with Gasteiger partial charge < -0.3 is 4.74 Å². The lowest BCUT2D eigenvalue weighted by Gasteiger charge is -2.12. The standard InChI is InChI=1S/C30H20ClI2N3O2/c31-24-12-6-4-10-21(24)18-38-29-25(32)14-19(15-26(29)33)17-34-36-30(37)23-16-28(20-8-2-1-3-9-20)35-27-13-7-5-11-22(23)27/h1-17H,18H2,(H,36,37)/b34-17+. The van der Waals surface area contributed by atoms with Crippen molar-refractivity contribution in [3.8, 4) is 17.0 Å². The van der Waals surface area contributed by atoms with Crippen LogP contribution in [0.3, 0.4) is 0 Å². The second kappa shape index (κ2) is 12.2. The number of para-hydroxylation sites is 1. The Labute approximate surface area is 252 Å². The Bertz CT molecular complexity index is 1640. The Morgan fingerprint density at radius 2 is 1.61 bits per heavy atom. The summed E-state index contributed by atoms with van der Waals surface area (Å²) in [5.41, 5.74) is 7.38. The predicted octanol–water partition coefficient (Wildman–Crippen LogP) is 8.11. The summed E-state index contributed by atoms with van der Waals surface area (Å²) in [6.07, 6.45) is 1.63. The van der Waals surface area contributed by atoms with Gasteiger partial charge in [-0.2, -0.15) is 5.10 Å². The molecular weight excluding hydrogens is 724 g/mol. The van der Waals surface area contributed by atoms with Crippen LogP contribution in [-0.4, -0.2) is 17.1 Å². The summed E-state index contributed by atoms with van der Waals surface area (Å²) in [5, 5.41) is 5.68. The predicted molar refractivity (Wildman–Crippen MR) is 170 cm³/mol. The fourth-order valence-corrected chi connectivity index (χ4v) is 6.22. The van der Waals surface area contributed by atoms with Crippen molar-refractivity contribution >= 4 is 79.8 Å². The lowest BCUT2D eigenvalue weighted by atomic mass is 10.0. The summed E-state index contributed by atoms with van der Waals surface area (Å²) in [4.78, 5) is 17.9. The van der Waals surface area contributed by atoms with Gasteiger partial charge >= 0.3 is 0 Å². The van der Waals surface area contributed by atoms with Gasteiger partial charge in [0, 0.05) is 21.5 Å². The van der Waals surface area contributed by atoms with Crippen LogP contribution in [0.25, 0.3) is 22.2 Å². The molecule has 188 valence electrons. The summed E-state index contributed by atoms with van der Waals surface area (Å²) in [5.74, 6) is 0.477. The van der Waals surface area contributed by atoms with Crippen LogP contribution in [0.15, 0.2) is 102 Å². The van der Waals surface area contributed by atoms with Gasteiger partial charge in [0.1, 0.15) is 12.4 Å². The monoisotopic (exact) mass is 743 g/mol. The molecule has 0 radical (unpaired) electrons. The summed E-state index contributed by atoms with van der Waals surface area (Å²) in [6.45, 7) is 0.375. The minimum Gasteiger partial charge on any atom is -0.487 e. The number of fused-ring (bicyclic) bond motifs is 1. The van der Waals surface area contributed by atoms with E-state index in [9.17, 15) is 4.79 Å². The number of pyridine rings is 1. The van der Waals surface area contributed by atoms with Crippen LogP contribution in [0.5, 0.6) is 5.75 Å². The molecule has 0 aliphatic carbocycles. The highest BCUT2D eigenvalue weighted by Crippen LogP contribution is 2.30. The first-order valence-electron chi connectivity index (χ1n) is 11.6. The smallest absolute Gasteiger partial charge is 0.272 e. The highest BCUT2D eigenvalue weighted by molar-refractivity contribution is 14.1. The maximum Gasteiger partial charge on any atom is 0.272 e. The molecule has 4 aromatic carbocycles. The first kappa shape index (κ1) is 26.6. The molecule has 5 aromatic rings. The summed E-state index contributed by atoms with van der Waals surface area (Å²) < 4.78 is 7.92. The molecule has 0 aliphatic rings. The number of rotatable bonds is 7. The van der Waals surface area contributed by atoms with E-state index in [1.165, 1.54) is 0 Å². The summed E-state index contributed by atoms with van der Waals surface area (Å²) >= 11 is 10.7. The number of carbonyl (C=O) groups excluding carboxylic acids is 1. The molecule has 0 saturated carbocycles. The fourth-order valence-electron chi connectivity index (χ4n) is 3.90. The van der Waals surface area contributed by atoms with Gasteiger partial charge in [-0.05, 0) is 81.1 Å². The van der Waals surface area contributed by atoms with E-state index in [1.54, 1.807) is 12.3 Å². The zero-order chi connectivity index (χ0) is 26.5. The van der Waals surface area contributed by atoms with Crippen LogP contribution in [0.1, 0.15) is 21.5 Å². The van der Waals surface area contributed by atoms with Crippen molar-refractivity contribution in [3.05, 3.63) is 126 Å². The van der Waals surface area contributed by atoms with Gasteiger partial charge in [0.25, 0.3) is 5.91 Å². The summed E-state index contributed by atoms with van der Waals surface area (Å²) in [7, 11) is 0. The Balaban J connectivity index is 1.33. The number of aromatic nitrogens is 1. The number of amides is 1. The van der Waals surface area contributed by atoms with Crippen LogP contribution in [0, 0.1) is 7.14 Å². The van der Waals surface area contributed by atoms with Crippen molar-refractivity contribution < 1.29 is 9.53 Å². The number of ether oxygens (including phenoxy) is 1. The average molecular weight is 744 g/mol. The van der Waals surface area contributed by atoms with Gasteiger partial charge in [0.15, 0.2) is 0 Å². The lowest BCUT2D eigenvalue weighted by molar-refractivity contribution is 0.0956. The highest BCUT2D eigenvalue weighted by Gasteiger charge is 2.14. The third-order valence-electron chi connectivity index (χ3n) is 5.76. The van der Waals surface area contributed by atoms with E-state index in [0.717, 1.165) is 46.2 Å². The molecule has 0 saturated heterocycles. The molecular formula is C30H20ClI2N3O2. The number of hydrogen-bond donors (Lipinski definition) is 1. The molecule has 0 fully saturated rings. The van der Waals surface area contributed by atoms with E-state index in [1.807, 2.05) is 91.0 Å². The van der Waals surface area contributed by atoms with Gasteiger partial charge in [-0.25, -0.2) is 10.4 Å². The van der Waals surface area contributed by atoms with E-state index < -0.39 is 0 Å². The number of benzene rings is 4. The van der Waals surface area contributed by atoms with Crippen molar-refractivity contribution in [2.24, 2.45) is 5.10 Å². The molecule has 1 amide bonds. The molecule has 0 spiro atoms. The molecule has 5 rings (SSSR count). The fraction of sp³-hybridized carbons (Fsp3) is 0.0333. The molecule has 1 heterocycles. The summed E-state index contributed by atoms with van der Waals surface area (Å²) in [6, 6.07) is 30.7. The van der Waals surface area contributed by atoms with E-state index in [2.05, 4.69) is 55.7 Å². The Morgan fingerprint density at radius 1 is 0.921 bits per heavy atom. The van der Waals surface area contributed by atoms with Crippen molar-refractivity contribution in [3.63, 3.8) is 0 Å². The lowest BCUT2D eigenvalue weighted by Crippen LogP contribution is -2.18. The number of halogens is 3. The second-order valence-electron chi connectivity index (χ2n) is 8.33. The third kappa shape index (κ3) is 6.16. The third-order valence-corrected chi connectivity index (χ3v) is 7.73. The van der Waals surface area contributed by atoms with Crippen LogP contribution < -0.4 is 10.2 Å². The van der Waals surface area contributed by atoms with Crippen LogP contribution in [0.4, 0.5) is 0 Å². The second-order valence-corrected chi connectivity index (χ2v) is 11.1. The van der Waals surface area contributed by atoms with E-state index in [4.69, 9.17) is 21.3 Å². The molecule has 0 bridgehead atoms. The van der Waals surface area contributed by atoms with Crippen molar-refractivity contribution in [2.75, 3.05) is 0 Å². The normalized spacial score (nSPS) is 11.1. The number of carbonyl (C=O) groups is 1. The number of nitrogens with one attached hydrogen (secondary N) is 1. The Kier molecular flexibility index (Phi) is 8.55. The SMILES string of the molecule is O=C(N/N=C/c1cc(I)c(OCc2ccccc2Cl)c(I)c1)c1cc(-c2ccccc2)nc2ccccc12. The zero-order valence-corrected chi connectivity index (χ0v) is 24.9. The maximum absolute atomic E-state index is 13.2. The van der Waals surface area contributed by atoms with E-state index in [0.29, 0.717) is 17.2 Å². The Hall–Kier alpha value is -3.02. The van der Waals surface area contributed by atoms with Crippen molar-refractivity contribution in [1.82, 2.24) is 10.4 Å². The molecule has 8 heteroatoms. The highest BCUT2D eigenvalue weighted by atomic mass is 127. The van der Waals surface area contributed by atoms with Crippen molar-refractivity contribution in [1.29, 1.82) is 0 Å². The van der Waals surface area contributed by atoms with Gasteiger partial charge in [0.05, 0.1) is 30.1 Å². The van der Waals surface area contributed by atoms with Gasteiger partial charge in [0.2, 0.25) is 0 Å². The van der Waals surface area contributed by atoms with Crippen LogP contribution in [-0.2, 0) is 6.61 Å². The van der Waals surface area contributed by atoms with Gasteiger partial charge in [-0.3, -0.25) is 4.79 Å². The number of hydrogen-bond acceptors (Lipinski definition) is 4. The van der Waals surface area contributed by atoms with Crippen molar-refractivity contribution in [2.45, 2.75) is 6.61 Å². The minimum atomic E-state index is -0.305. The topological polar surface area (TPSA) is 63.6 Å². The molecule has 0 atom stereocenters. The zero-order valence-electron chi connectivity index (χ0n) is 19.9. The quantitative estimate of drug-likeness (QED) is 0.104. The van der Waals surface area contributed by atoms with Gasteiger partial charge in [-0.15, -0.1) is 0 Å². The number of hydrazone groups is 1. The van der Waals surface area contributed by atoms with Crippen LogP contribution in [0.2, 0.25) is 5.02 Å². The largest absolute Gasteiger partial charge is 0.487 e. The average Bonchev–Trinajstić information content (AvgIpc) is 2.93. The molecule has 38 heavy (non-hydrogen) atoms. The maximum atomic E-state index is 13.2. The molecule has 0 aliphatic heterocycles. The minimum absolute atomic E-state index is 0.305. The van der Waals surface area contributed by atoms with Crippen LogP contribution >= 0.6 is 56.8 Å². The molecule has 1 aromatic heterocycles. The first-order valence-corrected chi connectivity index (χ1v) is 14.2. The van der Waals surface area contributed by atoms with E-state index in [-0.39, 0.29) is 5.91 Å². The first-order chi connectivity index (χ1) is 18.5. The molecule has 0 unspecified atom stereocenters. The molecule has 1 N–H and O–H groups in total.